The molecule has 1 amide bonds. The van der Waals surface area contributed by atoms with E-state index in [0.717, 1.165) is 19.4 Å². The largest absolute Gasteiger partial charge is 0.334 e. The van der Waals surface area contributed by atoms with Crippen LogP contribution in [0.1, 0.15) is 51.0 Å². The molecule has 6 nitrogen and oxygen atoms in total. The Labute approximate surface area is 120 Å². The Hall–Kier alpha value is -1.69. The van der Waals surface area contributed by atoms with Gasteiger partial charge in [0.1, 0.15) is 5.69 Å². The van der Waals surface area contributed by atoms with Crippen LogP contribution < -0.4 is 11.3 Å². The molecule has 3 N–H and O–H groups in total. The van der Waals surface area contributed by atoms with Crippen molar-refractivity contribution in [2.75, 3.05) is 12.0 Å². The number of carbonyl (C=O) groups is 1. The summed E-state index contributed by atoms with van der Waals surface area (Å²) in [6, 6.07) is 0.235. The van der Waals surface area contributed by atoms with Crippen molar-refractivity contribution in [1.29, 1.82) is 0 Å². The first-order valence-electron chi connectivity index (χ1n) is 7.13. The monoisotopic (exact) mass is 279 g/mol. The fourth-order valence-corrected chi connectivity index (χ4v) is 2.18. The van der Waals surface area contributed by atoms with E-state index in [1.165, 1.54) is 12.4 Å². The van der Waals surface area contributed by atoms with Crippen LogP contribution in [0.25, 0.3) is 0 Å². The van der Waals surface area contributed by atoms with Crippen LogP contribution in [0.3, 0.4) is 0 Å². The van der Waals surface area contributed by atoms with Gasteiger partial charge in [0.15, 0.2) is 5.82 Å². The van der Waals surface area contributed by atoms with Crippen molar-refractivity contribution in [3.8, 4) is 0 Å². The van der Waals surface area contributed by atoms with E-state index in [-0.39, 0.29) is 11.9 Å². The summed E-state index contributed by atoms with van der Waals surface area (Å²) in [6.45, 7) is 9.14. The standard InChI is InChI=1S/C14H25N5O/c1-5-11(6-2)19(9-10(3)4)14(20)12-7-17-13(18-15)8-16-12/h7-8,10-11H,5-6,9,15H2,1-4H3,(H,17,18). The Morgan fingerprint density at radius 3 is 2.35 bits per heavy atom. The predicted molar refractivity (Wildman–Crippen MR) is 80.1 cm³/mol. The number of amides is 1. The third-order valence-electron chi connectivity index (χ3n) is 3.22. The number of hydrogen-bond donors (Lipinski definition) is 2. The van der Waals surface area contributed by atoms with Crippen molar-refractivity contribution in [2.45, 2.75) is 46.6 Å². The molecular formula is C14H25N5O. The highest BCUT2D eigenvalue weighted by Gasteiger charge is 2.24. The van der Waals surface area contributed by atoms with Crippen molar-refractivity contribution in [1.82, 2.24) is 14.9 Å². The van der Waals surface area contributed by atoms with Crippen LogP contribution in [0.5, 0.6) is 0 Å². The summed E-state index contributed by atoms with van der Waals surface area (Å²) < 4.78 is 0. The lowest BCUT2D eigenvalue weighted by molar-refractivity contribution is 0.0634. The van der Waals surface area contributed by atoms with E-state index < -0.39 is 0 Å². The first kappa shape index (κ1) is 16.4. The molecule has 0 saturated heterocycles. The average Bonchev–Trinajstić information content (AvgIpc) is 2.46. The molecule has 0 aliphatic heterocycles. The second-order valence-electron chi connectivity index (χ2n) is 5.25. The van der Waals surface area contributed by atoms with Crippen molar-refractivity contribution >= 4 is 11.7 Å². The van der Waals surface area contributed by atoms with Crippen LogP contribution in [0, 0.1) is 5.92 Å². The van der Waals surface area contributed by atoms with Gasteiger partial charge < -0.3 is 10.3 Å². The highest BCUT2D eigenvalue weighted by Crippen LogP contribution is 2.15. The minimum absolute atomic E-state index is 0.0662. The Balaban J connectivity index is 2.95. The van der Waals surface area contributed by atoms with Crippen LogP contribution in [0.2, 0.25) is 0 Å². The molecule has 0 fully saturated rings. The van der Waals surface area contributed by atoms with Gasteiger partial charge in [0.05, 0.1) is 12.4 Å². The van der Waals surface area contributed by atoms with Gasteiger partial charge in [-0.2, -0.15) is 0 Å². The third-order valence-corrected chi connectivity index (χ3v) is 3.22. The molecule has 0 radical (unpaired) electrons. The van der Waals surface area contributed by atoms with Crippen LogP contribution in [-0.4, -0.2) is 33.4 Å². The summed E-state index contributed by atoms with van der Waals surface area (Å²) >= 11 is 0. The highest BCUT2D eigenvalue weighted by atomic mass is 16.2. The molecule has 0 bridgehead atoms. The zero-order valence-corrected chi connectivity index (χ0v) is 12.8. The number of nitrogens with two attached hydrogens (primary N) is 1. The molecule has 0 saturated carbocycles. The summed E-state index contributed by atoms with van der Waals surface area (Å²) in [5, 5.41) is 0. The van der Waals surface area contributed by atoms with Gasteiger partial charge in [0.2, 0.25) is 0 Å². The number of nitrogens with zero attached hydrogens (tertiary/aromatic N) is 3. The van der Waals surface area contributed by atoms with E-state index in [4.69, 9.17) is 5.84 Å². The summed E-state index contributed by atoms with van der Waals surface area (Å²) in [4.78, 5) is 22.7. The molecule has 20 heavy (non-hydrogen) atoms. The van der Waals surface area contributed by atoms with E-state index in [0.29, 0.717) is 17.4 Å². The molecule has 0 aliphatic carbocycles. The number of nitrogen functional groups attached to an aromatic ring is 1. The Morgan fingerprint density at radius 2 is 1.95 bits per heavy atom. The number of aromatic nitrogens is 2. The van der Waals surface area contributed by atoms with E-state index >= 15 is 0 Å². The van der Waals surface area contributed by atoms with Gasteiger partial charge in [-0.1, -0.05) is 27.7 Å². The molecule has 112 valence electrons. The van der Waals surface area contributed by atoms with Crippen molar-refractivity contribution in [3.05, 3.63) is 18.1 Å². The van der Waals surface area contributed by atoms with Crippen molar-refractivity contribution < 1.29 is 4.79 Å². The molecule has 0 spiro atoms. The summed E-state index contributed by atoms with van der Waals surface area (Å²) in [5.41, 5.74) is 2.76. The minimum Gasteiger partial charge on any atom is -0.334 e. The van der Waals surface area contributed by atoms with Crippen LogP contribution in [-0.2, 0) is 0 Å². The highest BCUT2D eigenvalue weighted by molar-refractivity contribution is 5.92. The van der Waals surface area contributed by atoms with Crippen LogP contribution in [0.4, 0.5) is 5.82 Å². The molecule has 0 aromatic carbocycles. The van der Waals surface area contributed by atoms with Crippen LogP contribution >= 0.6 is 0 Å². The normalized spacial score (nSPS) is 10.9. The summed E-state index contributed by atoms with van der Waals surface area (Å²) in [7, 11) is 0. The number of hydrogen-bond acceptors (Lipinski definition) is 5. The molecule has 0 unspecified atom stereocenters. The predicted octanol–water partition coefficient (Wildman–Crippen LogP) is 2.05. The maximum Gasteiger partial charge on any atom is 0.274 e. The Morgan fingerprint density at radius 1 is 1.30 bits per heavy atom. The fourth-order valence-electron chi connectivity index (χ4n) is 2.18. The first-order valence-corrected chi connectivity index (χ1v) is 7.13. The maximum atomic E-state index is 12.6. The Bertz CT molecular complexity index is 414. The van der Waals surface area contributed by atoms with Gasteiger partial charge in [-0.15, -0.1) is 0 Å². The van der Waals surface area contributed by atoms with E-state index in [1.807, 2.05) is 4.90 Å². The van der Waals surface area contributed by atoms with Gasteiger partial charge in [-0.05, 0) is 18.8 Å². The smallest absolute Gasteiger partial charge is 0.274 e. The molecule has 0 atom stereocenters. The number of carbonyl (C=O) groups excluding carboxylic acids is 1. The van der Waals surface area contributed by atoms with Gasteiger partial charge in [0.25, 0.3) is 5.91 Å². The van der Waals surface area contributed by atoms with Crippen molar-refractivity contribution in [2.24, 2.45) is 11.8 Å². The zero-order chi connectivity index (χ0) is 15.1. The topological polar surface area (TPSA) is 84.1 Å². The second-order valence-corrected chi connectivity index (χ2v) is 5.25. The van der Waals surface area contributed by atoms with Gasteiger partial charge in [-0.3, -0.25) is 4.79 Å². The molecule has 0 aliphatic rings. The van der Waals surface area contributed by atoms with Gasteiger partial charge >= 0.3 is 0 Å². The number of anilines is 1. The number of rotatable bonds is 7. The minimum atomic E-state index is -0.0662. The second kappa shape index (κ2) is 7.79. The fraction of sp³-hybridized carbons (Fsp3) is 0.643. The van der Waals surface area contributed by atoms with Gasteiger partial charge in [0, 0.05) is 12.6 Å². The SMILES string of the molecule is CCC(CC)N(CC(C)C)C(=O)c1cnc(NN)cn1. The van der Waals surface area contributed by atoms with E-state index in [1.54, 1.807) is 0 Å². The lowest BCUT2D eigenvalue weighted by Gasteiger charge is -2.31. The number of hydrazine groups is 1. The maximum absolute atomic E-state index is 12.6. The average molecular weight is 279 g/mol. The molecule has 1 aromatic rings. The summed E-state index contributed by atoms with van der Waals surface area (Å²) in [6.07, 6.45) is 4.80. The number of nitrogens with one attached hydrogen (secondary N) is 1. The molecular weight excluding hydrogens is 254 g/mol. The Kier molecular flexibility index (Phi) is 6.38. The lowest BCUT2D eigenvalue weighted by atomic mass is 10.1. The quantitative estimate of drug-likeness (QED) is 0.589. The van der Waals surface area contributed by atoms with E-state index in [9.17, 15) is 4.79 Å². The first-order chi connectivity index (χ1) is 9.53. The zero-order valence-electron chi connectivity index (χ0n) is 12.8. The van der Waals surface area contributed by atoms with Gasteiger partial charge in [-0.25, -0.2) is 15.8 Å². The summed E-state index contributed by atoms with van der Waals surface area (Å²) in [5.74, 6) is 6.04. The van der Waals surface area contributed by atoms with E-state index in [2.05, 4.69) is 43.1 Å². The molecule has 1 aromatic heterocycles. The van der Waals surface area contributed by atoms with Crippen molar-refractivity contribution in [3.63, 3.8) is 0 Å². The molecule has 1 heterocycles. The lowest BCUT2D eigenvalue weighted by Crippen LogP contribution is -2.42. The molecule has 6 heteroatoms. The van der Waals surface area contributed by atoms with Crippen LogP contribution in [0.15, 0.2) is 12.4 Å². The molecule has 1 rings (SSSR count). The third kappa shape index (κ3) is 4.16.